The largest absolute Gasteiger partial charge is 0.340 e. The number of amides is 1. The maximum atomic E-state index is 12.6. The molecular formula is C21H20ClN3O. The van der Waals surface area contributed by atoms with Gasteiger partial charge in [0.1, 0.15) is 5.82 Å². The Morgan fingerprint density at radius 2 is 1.85 bits per heavy atom. The molecule has 0 saturated carbocycles. The molecule has 1 aromatic heterocycles. The van der Waals surface area contributed by atoms with Crippen molar-refractivity contribution in [1.29, 1.82) is 0 Å². The van der Waals surface area contributed by atoms with Gasteiger partial charge in [-0.15, -0.1) is 0 Å². The van der Waals surface area contributed by atoms with Gasteiger partial charge in [-0.3, -0.25) is 4.79 Å². The molecule has 3 aromatic rings. The number of hydrogen-bond acceptors (Lipinski definition) is 3. The second-order valence-corrected chi connectivity index (χ2v) is 6.52. The van der Waals surface area contributed by atoms with Crippen molar-refractivity contribution < 1.29 is 4.79 Å². The van der Waals surface area contributed by atoms with Crippen LogP contribution in [0.2, 0.25) is 5.02 Å². The van der Waals surface area contributed by atoms with Gasteiger partial charge in [0.2, 0.25) is 0 Å². The van der Waals surface area contributed by atoms with Crippen LogP contribution >= 0.6 is 11.6 Å². The van der Waals surface area contributed by atoms with E-state index in [1.165, 1.54) is 0 Å². The smallest absolute Gasteiger partial charge is 0.255 e. The first-order chi connectivity index (χ1) is 12.5. The average molecular weight is 366 g/mol. The highest BCUT2D eigenvalue weighted by atomic mass is 35.5. The Morgan fingerprint density at radius 1 is 1.08 bits per heavy atom. The van der Waals surface area contributed by atoms with Gasteiger partial charge in [-0.25, -0.2) is 4.98 Å². The van der Waals surface area contributed by atoms with E-state index in [1.807, 2.05) is 55.5 Å². The van der Waals surface area contributed by atoms with Crippen molar-refractivity contribution in [2.24, 2.45) is 0 Å². The summed E-state index contributed by atoms with van der Waals surface area (Å²) in [4.78, 5) is 18.6. The molecule has 4 nitrogen and oxygen atoms in total. The topological polar surface area (TPSA) is 45.2 Å². The van der Waals surface area contributed by atoms with Crippen LogP contribution < -0.4 is 5.32 Å². The van der Waals surface area contributed by atoms with Gasteiger partial charge < -0.3 is 10.2 Å². The van der Waals surface area contributed by atoms with E-state index in [9.17, 15) is 4.79 Å². The average Bonchev–Trinajstić information content (AvgIpc) is 2.66. The molecule has 26 heavy (non-hydrogen) atoms. The maximum absolute atomic E-state index is 12.6. The summed E-state index contributed by atoms with van der Waals surface area (Å²) in [5.74, 6) is 0.601. The highest BCUT2D eigenvalue weighted by Gasteiger charge is 2.13. The summed E-state index contributed by atoms with van der Waals surface area (Å²) in [5.41, 5.74) is 3.49. The lowest BCUT2D eigenvalue weighted by molar-refractivity contribution is 0.0784. The minimum Gasteiger partial charge on any atom is -0.340 e. The molecule has 0 atom stereocenters. The quantitative estimate of drug-likeness (QED) is 0.687. The lowest BCUT2D eigenvalue weighted by atomic mass is 10.2. The fourth-order valence-electron chi connectivity index (χ4n) is 2.62. The predicted octanol–water partition coefficient (Wildman–Crippen LogP) is 5.06. The third kappa shape index (κ3) is 4.21. The minimum atomic E-state index is -0.0631. The van der Waals surface area contributed by atoms with E-state index in [0.717, 1.165) is 16.8 Å². The number of carbonyl (C=O) groups excluding carboxylic acids is 1. The van der Waals surface area contributed by atoms with E-state index in [4.69, 9.17) is 11.6 Å². The number of hydrogen-bond donors (Lipinski definition) is 1. The van der Waals surface area contributed by atoms with Crippen molar-refractivity contribution in [3.8, 4) is 0 Å². The molecule has 0 radical (unpaired) electrons. The third-order valence-electron chi connectivity index (χ3n) is 4.15. The summed E-state index contributed by atoms with van der Waals surface area (Å²) in [6.07, 6.45) is 1.59. The second kappa shape index (κ2) is 8.02. The number of carbonyl (C=O) groups is 1. The van der Waals surface area contributed by atoms with Crippen LogP contribution in [-0.4, -0.2) is 22.8 Å². The Bertz CT molecular complexity index is 895. The summed E-state index contributed by atoms with van der Waals surface area (Å²) in [6.45, 7) is 2.50. The molecular weight excluding hydrogens is 346 g/mol. The number of benzene rings is 2. The van der Waals surface area contributed by atoms with E-state index in [-0.39, 0.29) is 5.91 Å². The lowest BCUT2D eigenvalue weighted by Gasteiger charge is -2.17. The molecule has 0 aliphatic rings. The van der Waals surface area contributed by atoms with E-state index in [1.54, 1.807) is 30.3 Å². The van der Waals surface area contributed by atoms with Crippen molar-refractivity contribution in [1.82, 2.24) is 9.88 Å². The Labute approximate surface area is 158 Å². The Kier molecular flexibility index (Phi) is 5.54. The van der Waals surface area contributed by atoms with Crippen LogP contribution in [0, 0.1) is 6.92 Å². The van der Waals surface area contributed by atoms with Gasteiger partial charge in [-0.2, -0.15) is 0 Å². The molecule has 0 spiro atoms. The number of nitrogens with one attached hydrogen (secondary N) is 1. The molecule has 2 aromatic carbocycles. The number of nitrogens with zero attached hydrogens (tertiary/aromatic N) is 2. The molecule has 5 heteroatoms. The molecule has 132 valence electrons. The SMILES string of the molecule is Cc1c(Cl)cccc1Nc1ccc(C(=O)N(C)Cc2ccccc2)cn1. The Balaban J connectivity index is 1.68. The standard InChI is InChI=1S/C21H20ClN3O/c1-15-18(22)9-6-10-19(15)24-20-12-11-17(13-23-20)21(26)25(2)14-16-7-4-3-5-8-16/h3-13H,14H2,1-2H3,(H,23,24). The molecule has 0 saturated heterocycles. The fourth-order valence-corrected chi connectivity index (χ4v) is 2.80. The third-order valence-corrected chi connectivity index (χ3v) is 4.56. The van der Waals surface area contributed by atoms with E-state index >= 15 is 0 Å². The van der Waals surface area contributed by atoms with Gasteiger partial charge in [-0.05, 0) is 42.3 Å². The van der Waals surface area contributed by atoms with Crippen LogP contribution in [-0.2, 0) is 6.54 Å². The number of halogens is 1. The number of anilines is 2. The second-order valence-electron chi connectivity index (χ2n) is 6.12. The van der Waals surface area contributed by atoms with Crippen LogP contribution in [0.25, 0.3) is 0 Å². The van der Waals surface area contributed by atoms with Crippen molar-refractivity contribution in [2.75, 3.05) is 12.4 Å². The van der Waals surface area contributed by atoms with Crippen molar-refractivity contribution in [3.05, 3.63) is 88.6 Å². The normalized spacial score (nSPS) is 10.4. The summed E-state index contributed by atoms with van der Waals surface area (Å²) in [5, 5.41) is 3.93. The van der Waals surface area contributed by atoms with E-state index in [0.29, 0.717) is 22.9 Å². The molecule has 0 aliphatic carbocycles. The first kappa shape index (κ1) is 18.0. The van der Waals surface area contributed by atoms with Crippen molar-refractivity contribution >= 4 is 29.0 Å². The Hall–Kier alpha value is -2.85. The van der Waals surface area contributed by atoms with Crippen LogP contribution in [0.5, 0.6) is 0 Å². The summed E-state index contributed by atoms with van der Waals surface area (Å²) >= 11 is 6.14. The van der Waals surface area contributed by atoms with Crippen LogP contribution in [0.1, 0.15) is 21.5 Å². The highest BCUT2D eigenvalue weighted by Crippen LogP contribution is 2.25. The van der Waals surface area contributed by atoms with Gasteiger partial charge in [0.05, 0.1) is 5.56 Å². The minimum absolute atomic E-state index is 0.0631. The zero-order valence-corrected chi connectivity index (χ0v) is 15.5. The van der Waals surface area contributed by atoms with Gasteiger partial charge in [0, 0.05) is 30.5 Å². The monoisotopic (exact) mass is 365 g/mol. The molecule has 0 unspecified atom stereocenters. The molecule has 1 N–H and O–H groups in total. The zero-order valence-electron chi connectivity index (χ0n) is 14.7. The predicted molar refractivity (Wildman–Crippen MR) is 106 cm³/mol. The number of rotatable bonds is 5. The highest BCUT2D eigenvalue weighted by molar-refractivity contribution is 6.31. The van der Waals surface area contributed by atoms with Gasteiger partial charge in [-0.1, -0.05) is 48.0 Å². The van der Waals surface area contributed by atoms with Crippen molar-refractivity contribution in [2.45, 2.75) is 13.5 Å². The van der Waals surface area contributed by atoms with Gasteiger partial charge in [0.25, 0.3) is 5.91 Å². The first-order valence-corrected chi connectivity index (χ1v) is 8.70. The van der Waals surface area contributed by atoms with Crippen LogP contribution in [0.3, 0.4) is 0 Å². The molecule has 3 rings (SSSR count). The zero-order chi connectivity index (χ0) is 18.5. The molecule has 1 heterocycles. The summed E-state index contributed by atoms with van der Waals surface area (Å²) in [7, 11) is 1.79. The molecule has 0 bridgehead atoms. The van der Waals surface area contributed by atoms with Crippen LogP contribution in [0.15, 0.2) is 66.9 Å². The molecule has 0 fully saturated rings. The van der Waals surface area contributed by atoms with Gasteiger partial charge in [0.15, 0.2) is 0 Å². The summed E-state index contributed by atoms with van der Waals surface area (Å²) in [6, 6.07) is 19.1. The van der Waals surface area contributed by atoms with Gasteiger partial charge >= 0.3 is 0 Å². The Morgan fingerprint density at radius 3 is 2.54 bits per heavy atom. The summed E-state index contributed by atoms with van der Waals surface area (Å²) < 4.78 is 0. The van der Waals surface area contributed by atoms with E-state index < -0.39 is 0 Å². The molecule has 1 amide bonds. The molecule has 0 aliphatic heterocycles. The maximum Gasteiger partial charge on any atom is 0.255 e. The van der Waals surface area contributed by atoms with E-state index in [2.05, 4.69) is 10.3 Å². The lowest BCUT2D eigenvalue weighted by Crippen LogP contribution is -2.26. The fraction of sp³-hybridized carbons (Fsp3) is 0.143. The van der Waals surface area contributed by atoms with Crippen LogP contribution in [0.4, 0.5) is 11.5 Å². The number of pyridine rings is 1. The first-order valence-electron chi connectivity index (χ1n) is 8.32. The van der Waals surface area contributed by atoms with Crippen molar-refractivity contribution in [3.63, 3.8) is 0 Å². The number of aromatic nitrogens is 1.